The van der Waals surface area contributed by atoms with Crippen LogP contribution in [-0.4, -0.2) is 18.9 Å². The lowest BCUT2D eigenvalue weighted by atomic mass is 9.58. The van der Waals surface area contributed by atoms with Crippen molar-refractivity contribution in [2.24, 2.45) is 5.41 Å². The van der Waals surface area contributed by atoms with Gasteiger partial charge in [0.1, 0.15) is 0 Å². The number of ketones is 1. The van der Waals surface area contributed by atoms with Crippen LogP contribution in [0.4, 0.5) is 0 Å². The van der Waals surface area contributed by atoms with E-state index in [1.54, 1.807) is 24.3 Å². The smallest absolute Gasteiger partial charge is 0.186 e. The van der Waals surface area contributed by atoms with Crippen molar-refractivity contribution < 1.29 is 4.79 Å². The number of rotatable bonds is 2. The Morgan fingerprint density at radius 3 is 1.70 bits per heavy atom. The highest BCUT2D eigenvalue weighted by atomic mass is 16.1. The van der Waals surface area contributed by atoms with E-state index in [1.165, 1.54) is 0 Å². The number of nitrogens with zero attached hydrogens (tertiary/aromatic N) is 2. The average molecular weight is 351 g/mol. The van der Waals surface area contributed by atoms with Crippen LogP contribution in [0.2, 0.25) is 0 Å². The zero-order valence-electron chi connectivity index (χ0n) is 14.7. The van der Waals surface area contributed by atoms with Crippen molar-refractivity contribution in [2.45, 2.75) is 6.42 Å². The lowest BCUT2D eigenvalue weighted by Crippen LogP contribution is -2.45. The summed E-state index contributed by atoms with van der Waals surface area (Å²) < 4.78 is 0. The van der Waals surface area contributed by atoms with Gasteiger partial charge in [0.05, 0.1) is 23.3 Å². The number of hydrogen-bond acceptors (Lipinski definition) is 4. The van der Waals surface area contributed by atoms with Gasteiger partial charge in [0, 0.05) is 23.1 Å². The van der Waals surface area contributed by atoms with Crippen molar-refractivity contribution in [3.8, 4) is 12.1 Å². The number of nitriles is 2. The van der Waals surface area contributed by atoms with Crippen LogP contribution in [0.25, 0.3) is 12.2 Å². The largest absolute Gasteiger partial charge is 0.315 e. The van der Waals surface area contributed by atoms with Crippen LogP contribution in [0, 0.1) is 28.1 Å². The van der Waals surface area contributed by atoms with Gasteiger partial charge in [-0.25, -0.2) is 0 Å². The first-order valence-corrected chi connectivity index (χ1v) is 8.86. The van der Waals surface area contributed by atoms with E-state index in [1.807, 2.05) is 36.4 Å². The zero-order valence-corrected chi connectivity index (χ0v) is 14.7. The Balaban J connectivity index is 1.70. The van der Waals surface area contributed by atoms with Crippen molar-refractivity contribution in [1.29, 1.82) is 10.5 Å². The molecule has 130 valence electrons. The minimum Gasteiger partial charge on any atom is -0.315 e. The maximum atomic E-state index is 12.9. The molecule has 1 aliphatic carbocycles. The fourth-order valence-electron chi connectivity index (χ4n) is 3.86. The summed E-state index contributed by atoms with van der Waals surface area (Å²) >= 11 is 0. The second-order valence-corrected chi connectivity index (χ2v) is 6.92. The van der Waals surface area contributed by atoms with E-state index in [-0.39, 0.29) is 11.2 Å². The minimum absolute atomic E-state index is 0.0763. The molecule has 2 aliphatic rings. The van der Waals surface area contributed by atoms with E-state index in [4.69, 9.17) is 10.5 Å². The van der Waals surface area contributed by atoms with E-state index in [0.717, 1.165) is 41.8 Å². The molecule has 0 unspecified atom stereocenters. The monoisotopic (exact) mass is 351 g/mol. The van der Waals surface area contributed by atoms with Crippen molar-refractivity contribution in [3.63, 3.8) is 0 Å². The number of nitrogens with one attached hydrogen (secondary N) is 1. The molecule has 0 atom stereocenters. The molecule has 1 saturated carbocycles. The van der Waals surface area contributed by atoms with Gasteiger partial charge in [-0.1, -0.05) is 24.3 Å². The Labute approximate surface area is 158 Å². The molecule has 1 N–H and O–H groups in total. The number of carbonyl (C=O) groups is 1. The van der Waals surface area contributed by atoms with Crippen LogP contribution in [0.1, 0.15) is 28.7 Å². The van der Waals surface area contributed by atoms with Gasteiger partial charge in [0.15, 0.2) is 5.78 Å². The molecule has 4 rings (SSSR count). The van der Waals surface area contributed by atoms with Gasteiger partial charge in [-0.3, -0.25) is 4.79 Å². The van der Waals surface area contributed by atoms with Gasteiger partial charge in [-0.15, -0.1) is 0 Å². The summed E-state index contributed by atoms with van der Waals surface area (Å²) in [5, 5.41) is 21.2. The van der Waals surface area contributed by atoms with Crippen molar-refractivity contribution >= 4 is 17.9 Å². The van der Waals surface area contributed by atoms with Crippen molar-refractivity contribution in [1.82, 2.24) is 5.32 Å². The maximum absolute atomic E-state index is 12.9. The van der Waals surface area contributed by atoms with Crippen LogP contribution in [0.5, 0.6) is 0 Å². The molecule has 4 heteroatoms. The van der Waals surface area contributed by atoms with Crippen LogP contribution in [0.3, 0.4) is 0 Å². The van der Waals surface area contributed by atoms with E-state index >= 15 is 0 Å². The summed E-state index contributed by atoms with van der Waals surface area (Å²) in [4.78, 5) is 12.9. The van der Waals surface area contributed by atoms with Gasteiger partial charge < -0.3 is 5.32 Å². The number of carbonyl (C=O) groups excluding carboxylic acids is 1. The van der Waals surface area contributed by atoms with Crippen LogP contribution in [0.15, 0.2) is 59.7 Å². The number of Topliss-reactive ketones (excluding diaryl/α,β-unsaturated/α-hetero) is 1. The standard InChI is InChI=1S/C23H17N3O/c24-13-18-5-1-16(2-6-18)11-20-22(27)21(23(20)9-10-26-15-23)12-17-3-7-19(14-25)8-4-17/h1-8,11-12,26H,9-10,15H2/b20-11-,21-12-. The van der Waals surface area contributed by atoms with E-state index in [0.29, 0.717) is 11.1 Å². The number of hydrogen-bond donors (Lipinski definition) is 1. The second kappa shape index (κ2) is 6.68. The molecule has 1 saturated heterocycles. The molecule has 1 aliphatic heterocycles. The third-order valence-corrected chi connectivity index (χ3v) is 5.38. The Morgan fingerprint density at radius 2 is 1.33 bits per heavy atom. The first kappa shape index (κ1) is 17.0. The molecule has 2 aromatic rings. The van der Waals surface area contributed by atoms with Gasteiger partial charge in [-0.05, 0) is 60.5 Å². The molecule has 2 aromatic carbocycles. The summed E-state index contributed by atoms with van der Waals surface area (Å²) in [6, 6.07) is 18.8. The van der Waals surface area contributed by atoms with Gasteiger partial charge >= 0.3 is 0 Å². The average Bonchev–Trinajstić information content (AvgIpc) is 3.23. The molecule has 4 nitrogen and oxygen atoms in total. The Bertz CT molecular complexity index is 959. The minimum atomic E-state index is -0.251. The summed E-state index contributed by atoms with van der Waals surface area (Å²) in [7, 11) is 0. The maximum Gasteiger partial charge on any atom is 0.186 e. The Hall–Kier alpha value is -3.47. The third kappa shape index (κ3) is 2.87. The Kier molecular flexibility index (Phi) is 4.20. The summed E-state index contributed by atoms with van der Waals surface area (Å²) in [5.41, 5.74) is 4.49. The quantitative estimate of drug-likeness (QED) is 0.841. The number of benzene rings is 2. The molecule has 1 heterocycles. The molecule has 0 radical (unpaired) electrons. The predicted molar refractivity (Wildman–Crippen MR) is 103 cm³/mol. The predicted octanol–water partition coefficient (Wildman–Crippen LogP) is 3.46. The highest BCUT2D eigenvalue weighted by molar-refractivity contribution is 6.24. The fraction of sp³-hybridized carbons (Fsp3) is 0.174. The van der Waals surface area contributed by atoms with Crippen LogP contribution >= 0.6 is 0 Å². The SMILES string of the molecule is N#Cc1ccc(/C=C2/C(=O)/C(=C/c3ccc(C#N)cc3)C23CCNC3)cc1. The van der Waals surface area contributed by atoms with E-state index in [2.05, 4.69) is 17.5 Å². The van der Waals surface area contributed by atoms with Crippen molar-refractivity contribution in [2.75, 3.05) is 13.1 Å². The van der Waals surface area contributed by atoms with Crippen LogP contribution in [-0.2, 0) is 4.79 Å². The lowest BCUT2D eigenvalue weighted by Gasteiger charge is -2.42. The molecule has 0 amide bonds. The molecule has 27 heavy (non-hydrogen) atoms. The summed E-state index contributed by atoms with van der Waals surface area (Å²) in [6.45, 7) is 1.63. The topological polar surface area (TPSA) is 76.7 Å². The van der Waals surface area contributed by atoms with Gasteiger partial charge in [0.25, 0.3) is 0 Å². The molecule has 0 aromatic heterocycles. The molecular formula is C23H17N3O. The summed E-state index contributed by atoms with van der Waals surface area (Å²) in [5.74, 6) is 0.0763. The van der Waals surface area contributed by atoms with Crippen LogP contribution < -0.4 is 5.32 Å². The van der Waals surface area contributed by atoms with E-state index in [9.17, 15) is 4.79 Å². The first-order valence-electron chi connectivity index (χ1n) is 8.86. The lowest BCUT2D eigenvalue weighted by molar-refractivity contribution is -0.117. The van der Waals surface area contributed by atoms with Gasteiger partial charge in [-0.2, -0.15) is 10.5 Å². The molecule has 0 bridgehead atoms. The zero-order chi connectivity index (χ0) is 18.9. The highest BCUT2D eigenvalue weighted by Gasteiger charge is 2.54. The normalized spacial score (nSPS) is 20.4. The Morgan fingerprint density at radius 1 is 0.852 bits per heavy atom. The highest BCUT2D eigenvalue weighted by Crippen LogP contribution is 2.53. The fourth-order valence-corrected chi connectivity index (χ4v) is 3.86. The third-order valence-electron chi connectivity index (χ3n) is 5.38. The van der Waals surface area contributed by atoms with Gasteiger partial charge in [0.2, 0.25) is 0 Å². The second-order valence-electron chi connectivity index (χ2n) is 6.92. The van der Waals surface area contributed by atoms with E-state index < -0.39 is 0 Å². The summed E-state index contributed by atoms with van der Waals surface area (Å²) in [6.07, 6.45) is 4.79. The molecular weight excluding hydrogens is 334 g/mol. The first-order chi connectivity index (χ1) is 13.2. The molecule has 1 spiro atoms. The van der Waals surface area contributed by atoms with Crippen molar-refractivity contribution in [3.05, 3.63) is 81.9 Å². The molecule has 2 fully saturated rings.